The highest BCUT2D eigenvalue weighted by Gasteiger charge is 2.31. The lowest BCUT2D eigenvalue weighted by molar-refractivity contribution is -0.274. The van der Waals surface area contributed by atoms with Gasteiger partial charge in [0.15, 0.2) is 0 Å². The van der Waals surface area contributed by atoms with E-state index in [-0.39, 0.29) is 5.75 Å². The Balaban J connectivity index is 1.31. The third kappa shape index (κ3) is 6.93. The predicted molar refractivity (Wildman–Crippen MR) is 155 cm³/mol. The molecule has 5 rings (SSSR count). The lowest BCUT2D eigenvalue weighted by atomic mass is 10.0. The Morgan fingerprint density at radius 3 is 2.25 bits per heavy atom. The molecule has 1 aromatic heterocycles. The summed E-state index contributed by atoms with van der Waals surface area (Å²) in [6.07, 6.45) is -1.83. The van der Waals surface area contributed by atoms with Gasteiger partial charge in [0.25, 0.3) is 0 Å². The Labute approximate surface area is 241 Å². The van der Waals surface area contributed by atoms with Crippen molar-refractivity contribution in [3.05, 3.63) is 88.0 Å². The molecule has 0 saturated carbocycles. The first-order valence-electron chi connectivity index (χ1n) is 13.3. The zero-order valence-corrected chi connectivity index (χ0v) is 23.4. The van der Waals surface area contributed by atoms with Crippen LogP contribution in [-0.4, -0.2) is 53.5 Å². The van der Waals surface area contributed by atoms with Crippen LogP contribution < -0.4 is 10.5 Å². The smallest absolute Gasteiger partial charge is 0.406 e. The quantitative estimate of drug-likeness (QED) is 0.224. The van der Waals surface area contributed by atoms with Gasteiger partial charge in [0.05, 0.1) is 10.0 Å². The van der Waals surface area contributed by atoms with Crippen molar-refractivity contribution in [3.63, 3.8) is 0 Å². The molecule has 10 heteroatoms. The van der Waals surface area contributed by atoms with E-state index in [1.807, 2.05) is 12.1 Å². The number of halogens is 5. The Kier molecular flexibility index (Phi) is 8.92. The van der Waals surface area contributed by atoms with Gasteiger partial charge in [-0.15, -0.1) is 13.2 Å². The van der Waals surface area contributed by atoms with Crippen molar-refractivity contribution in [1.29, 1.82) is 0 Å². The average Bonchev–Trinajstić information content (AvgIpc) is 3.28. The van der Waals surface area contributed by atoms with Crippen LogP contribution in [0.3, 0.4) is 0 Å². The summed E-state index contributed by atoms with van der Waals surface area (Å²) in [4.78, 5) is 4.82. The number of aromatic nitrogens is 1. The van der Waals surface area contributed by atoms with Crippen molar-refractivity contribution in [2.75, 3.05) is 32.7 Å². The molecule has 0 atom stereocenters. The predicted octanol–water partition coefficient (Wildman–Crippen LogP) is 7.18. The number of alkyl halides is 3. The Morgan fingerprint density at radius 2 is 1.57 bits per heavy atom. The van der Waals surface area contributed by atoms with Crippen LogP contribution in [0.4, 0.5) is 13.2 Å². The molecule has 1 aliphatic heterocycles. The van der Waals surface area contributed by atoms with E-state index in [0.717, 1.165) is 79.8 Å². The molecule has 4 aromatic rings. The summed E-state index contributed by atoms with van der Waals surface area (Å²) >= 11 is 12.6. The maximum absolute atomic E-state index is 12.6. The molecule has 0 radical (unpaired) electrons. The molecule has 2 heterocycles. The molecule has 1 fully saturated rings. The lowest BCUT2D eigenvalue weighted by Gasteiger charge is -2.35. The van der Waals surface area contributed by atoms with Crippen molar-refractivity contribution < 1.29 is 17.9 Å². The van der Waals surface area contributed by atoms with Crippen molar-refractivity contribution in [2.24, 2.45) is 5.73 Å². The highest BCUT2D eigenvalue weighted by atomic mass is 35.5. The summed E-state index contributed by atoms with van der Waals surface area (Å²) in [5.41, 5.74) is 10.9. The van der Waals surface area contributed by atoms with Gasteiger partial charge in [0.2, 0.25) is 0 Å². The molecule has 212 valence electrons. The Morgan fingerprint density at radius 1 is 0.875 bits per heavy atom. The fraction of sp³-hybridized carbons (Fsp3) is 0.333. The van der Waals surface area contributed by atoms with Gasteiger partial charge in [-0.2, -0.15) is 0 Å². The van der Waals surface area contributed by atoms with Gasteiger partial charge in [0, 0.05) is 68.5 Å². The molecular weight excluding hydrogens is 560 g/mol. The number of piperazine rings is 1. The van der Waals surface area contributed by atoms with E-state index < -0.39 is 6.36 Å². The molecular formula is C30H31Cl2F3N4O. The normalized spacial score (nSPS) is 15.2. The van der Waals surface area contributed by atoms with Gasteiger partial charge in [-0.25, -0.2) is 0 Å². The number of ether oxygens (including phenoxy) is 1. The zero-order chi connectivity index (χ0) is 28.3. The molecule has 0 spiro atoms. The molecule has 0 amide bonds. The summed E-state index contributed by atoms with van der Waals surface area (Å²) in [6.45, 7) is 6.64. The van der Waals surface area contributed by atoms with Crippen LogP contribution in [0.5, 0.6) is 5.75 Å². The van der Waals surface area contributed by atoms with Crippen molar-refractivity contribution in [2.45, 2.75) is 32.4 Å². The first-order chi connectivity index (χ1) is 19.2. The molecule has 0 unspecified atom stereocenters. The van der Waals surface area contributed by atoms with E-state index in [2.05, 4.69) is 43.5 Å². The first-order valence-corrected chi connectivity index (χ1v) is 14.0. The van der Waals surface area contributed by atoms with Crippen LogP contribution in [0, 0.1) is 0 Å². The minimum absolute atomic E-state index is 0.236. The zero-order valence-electron chi connectivity index (χ0n) is 21.9. The van der Waals surface area contributed by atoms with Gasteiger partial charge in [-0.3, -0.25) is 9.80 Å². The van der Waals surface area contributed by atoms with Gasteiger partial charge in [0.1, 0.15) is 5.75 Å². The largest absolute Gasteiger partial charge is 0.573 e. The molecule has 1 aliphatic rings. The highest BCUT2D eigenvalue weighted by Crippen LogP contribution is 2.34. The topological polar surface area (TPSA) is 46.7 Å². The van der Waals surface area contributed by atoms with Crippen molar-refractivity contribution in [1.82, 2.24) is 14.4 Å². The maximum Gasteiger partial charge on any atom is 0.573 e. The number of nitrogens with two attached hydrogens (primary N) is 1. The average molecular weight is 592 g/mol. The number of rotatable bonds is 9. The second-order valence-electron chi connectivity index (χ2n) is 10.1. The van der Waals surface area contributed by atoms with E-state index >= 15 is 0 Å². The minimum Gasteiger partial charge on any atom is -0.406 e. The highest BCUT2D eigenvalue weighted by molar-refractivity contribution is 6.42. The van der Waals surface area contributed by atoms with Gasteiger partial charge in [-0.1, -0.05) is 53.5 Å². The van der Waals surface area contributed by atoms with E-state index in [1.54, 1.807) is 18.2 Å². The van der Waals surface area contributed by atoms with Crippen LogP contribution in [0.15, 0.2) is 66.9 Å². The second-order valence-corrected chi connectivity index (χ2v) is 10.9. The second kappa shape index (κ2) is 12.4. The third-order valence-corrected chi connectivity index (χ3v) is 8.10. The molecule has 5 nitrogen and oxygen atoms in total. The summed E-state index contributed by atoms with van der Waals surface area (Å²) in [5, 5.41) is 2.26. The monoisotopic (exact) mass is 590 g/mol. The summed E-state index contributed by atoms with van der Waals surface area (Å²) in [7, 11) is 0. The van der Waals surface area contributed by atoms with Crippen LogP contribution in [0.1, 0.15) is 17.5 Å². The van der Waals surface area contributed by atoms with Gasteiger partial charge in [-0.05, 0) is 60.0 Å². The van der Waals surface area contributed by atoms with Gasteiger partial charge < -0.3 is 15.0 Å². The first kappa shape index (κ1) is 28.8. The van der Waals surface area contributed by atoms with E-state index in [9.17, 15) is 13.2 Å². The third-order valence-electron chi connectivity index (χ3n) is 7.24. The molecule has 0 bridgehead atoms. The van der Waals surface area contributed by atoms with Crippen molar-refractivity contribution in [3.8, 4) is 16.9 Å². The fourth-order valence-corrected chi connectivity index (χ4v) is 5.61. The molecule has 3 aromatic carbocycles. The van der Waals surface area contributed by atoms with E-state index in [1.165, 1.54) is 17.7 Å². The minimum atomic E-state index is -4.72. The van der Waals surface area contributed by atoms with E-state index in [4.69, 9.17) is 28.9 Å². The van der Waals surface area contributed by atoms with Crippen LogP contribution in [0.2, 0.25) is 10.0 Å². The molecule has 2 N–H and O–H groups in total. The maximum atomic E-state index is 12.6. The number of hydrogen-bond donors (Lipinski definition) is 1. The molecule has 0 aliphatic carbocycles. The van der Waals surface area contributed by atoms with Gasteiger partial charge >= 0.3 is 6.36 Å². The van der Waals surface area contributed by atoms with Crippen LogP contribution in [-0.2, 0) is 19.6 Å². The SMILES string of the molecule is NCCCn1cc(-c2ccc(OC(F)(F)F)cc2)c2cc(CN3CCN(Cc4cccc(Cl)c4Cl)CC3)ccc21. The number of hydrogen-bond acceptors (Lipinski definition) is 4. The molecule has 40 heavy (non-hydrogen) atoms. The lowest BCUT2D eigenvalue weighted by Crippen LogP contribution is -2.45. The number of fused-ring (bicyclic) bond motifs is 1. The Hall–Kier alpha value is -2.75. The number of aryl methyl sites for hydroxylation is 1. The fourth-order valence-electron chi connectivity index (χ4n) is 5.23. The summed E-state index contributed by atoms with van der Waals surface area (Å²) in [5.74, 6) is -0.236. The Bertz CT molecular complexity index is 1450. The van der Waals surface area contributed by atoms with Crippen LogP contribution in [0.25, 0.3) is 22.0 Å². The summed E-state index contributed by atoms with van der Waals surface area (Å²) < 4.78 is 44.1. The number of nitrogens with zero attached hydrogens (tertiary/aromatic N) is 3. The summed E-state index contributed by atoms with van der Waals surface area (Å²) in [6, 6.07) is 18.3. The standard InChI is InChI=1S/C30H31Cl2F3N4O/c31-27-4-1-3-23(29(27)32)19-38-15-13-37(14-16-38)18-21-5-10-28-25(17-21)26(20-39(28)12-2-11-36)22-6-8-24(9-7-22)40-30(33,34)35/h1,3-10,17,20H,2,11-16,18-19,36H2. The molecule has 1 saturated heterocycles. The number of benzene rings is 3. The van der Waals surface area contributed by atoms with Crippen molar-refractivity contribution >= 4 is 34.1 Å². The van der Waals surface area contributed by atoms with Crippen LogP contribution >= 0.6 is 23.2 Å². The van der Waals surface area contributed by atoms with E-state index in [0.29, 0.717) is 16.6 Å².